The first kappa shape index (κ1) is 13.5. The quantitative estimate of drug-likeness (QED) is 0.893. The Kier molecular flexibility index (Phi) is 4.25. The highest BCUT2D eigenvalue weighted by Crippen LogP contribution is 2.35. The van der Waals surface area contributed by atoms with Gasteiger partial charge in [-0.2, -0.15) is 4.31 Å². The number of aliphatic hydroxyl groups is 1. The fraction of sp³-hybridized carbons (Fsp3) is 0.600. The molecule has 96 valence electrons. The van der Waals surface area contributed by atoms with Gasteiger partial charge >= 0.3 is 0 Å². The van der Waals surface area contributed by atoms with Crippen LogP contribution in [-0.2, 0) is 10.0 Å². The van der Waals surface area contributed by atoms with E-state index in [-0.39, 0.29) is 19.2 Å². The third kappa shape index (κ3) is 2.58. The van der Waals surface area contributed by atoms with E-state index in [1.165, 1.54) is 15.6 Å². The van der Waals surface area contributed by atoms with Crippen LogP contribution in [0.2, 0.25) is 0 Å². The van der Waals surface area contributed by atoms with Crippen molar-refractivity contribution in [1.29, 1.82) is 0 Å². The van der Waals surface area contributed by atoms with Gasteiger partial charge < -0.3 is 5.11 Å². The summed E-state index contributed by atoms with van der Waals surface area (Å²) in [4.78, 5) is 0. The summed E-state index contributed by atoms with van der Waals surface area (Å²) >= 11 is 4.46. The van der Waals surface area contributed by atoms with Crippen LogP contribution >= 0.6 is 27.3 Å². The van der Waals surface area contributed by atoms with E-state index >= 15 is 0 Å². The molecule has 0 aromatic carbocycles. The van der Waals surface area contributed by atoms with Crippen LogP contribution in [0, 0.1) is 0 Å². The van der Waals surface area contributed by atoms with E-state index in [1.54, 1.807) is 11.4 Å². The van der Waals surface area contributed by atoms with E-state index in [2.05, 4.69) is 15.9 Å². The molecule has 1 aliphatic rings. The third-order valence-corrected chi connectivity index (χ3v) is 7.53. The van der Waals surface area contributed by atoms with Crippen molar-refractivity contribution in [2.75, 3.05) is 13.2 Å². The molecule has 0 atom stereocenters. The summed E-state index contributed by atoms with van der Waals surface area (Å²) in [5.41, 5.74) is 0. The van der Waals surface area contributed by atoms with Gasteiger partial charge in [0, 0.05) is 17.1 Å². The Morgan fingerprint density at radius 2 is 2.24 bits per heavy atom. The van der Waals surface area contributed by atoms with Gasteiger partial charge in [0.1, 0.15) is 4.21 Å². The van der Waals surface area contributed by atoms with Crippen LogP contribution in [0.5, 0.6) is 0 Å². The summed E-state index contributed by atoms with van der Waals surface area (Å²) in [5, 5.41) is 10.8. The minimum absolute atomic E-state index is 0.0566. The average molecular weight is 340 g/mol. The number of sulfonamides is 1. The van der Waals surface area contributed by atoms with Crippen LogP contribution in [0.15, 0.2) is 20.1 Å². The Balaban J connectivity index is 2.31. The van der Waals surface area contributed by atoms with Gasteiger partial charge in [-0.15, -0.1) is 11.3 Å². The number of aliphatic hydroxyl groups excluding tert-OH is 1. The molecule has 1 N–H and O–H groups in total. The average Bonchev–Trinajstić information content (AvgIpc) is 2.61. The number of thiophene rings is 1. The zero-order valence-electron chi connectivity index (χ0n) is 9.17. The zero-order chi connectivity index (χ0) is 12.5. The molecule has 1 aromatic rings. The number of halogens is 1. The Labute approximate surface area is 113 Å². The molecule has 1 aromatic heterocycles. The lowest BCUT2D eigenvalue weighted by Gasteiger charge is -2.35. The lowest BCUT2D eigenvalue weighted by Crippen LogP contribution is -2.45. The van der Waals surface area contributed by atoms with Crippen LogP contribution in [0.25, 0.3) is 0 Å². The minimum atomic E-state index is -3.47. The Morgan fingerprint density at radius 1 is 1.53 bits per heavy atom. The molecule has 0 spiro atoms. The maximum atomic E-state index is 12.4. The molecular weight excluding hydrogens is 326 g/mol. The van der Waals surface area contributed by atoms with Gasteiger partial charge in [0.2, 0.25) is 0 Å². The second-order valence-corrected chi connectivity index (χ2v) is 7.84. The van der Waals surface area contributed by atoms with Crippen molar-refractivity contribution in [3.8, 4) is 0 Å². The van der Waals surface area contributed by atoms with Gasteiger partial charge in [0.05, 0.1) is 6.61 Å². The molecule has 1 heterocycles. The molecule has 1 aliphatic carbocycles. The van der Waals surface area contributed by atoms with Gasteiger partial charge in [-0.1, -0.05) is 6.42 Å². The van der Waals surface area contributed by atoms with E-state index in [0.717, 1.165) is 19.3 Å². The molecule has 0 radical (unpaired) electrons. The van der Waals surface area contributed by atoms with Crippen LogP contribution in [-0.4, -0.2) is 37.0 Å². The molecule has 0 saturated heterocycles. The van der Waals surface area contributed by atoms with Crippen LogP contribution in [0.1, 0.15) is 19.3 Å². The molecule has 0 unspecified atom stereocenters. The smallest absolute Gasteiger partial charge is 0.254 e. The Hall–Kier alpha value is 0.0500. The molecule has 1 saturated carbocycles. The van der Waals surface area contributed by atoms with E-state index in [0.29, 0.717) is 8.68 Å². The van der Waals surface area contributed by atoms with Crippen molar-refractivity contribution in [3.63, 3.8) is 0 Å². The van der Waals surface area contributed by atoms with Crippen molar-refractivity contribution in [2.45, 2.75) is 29.5 Å². The first-order chi connectivity index (χ1) is 8.07. The maximum absolute atomic E-state index is 12.4. The lowest BCUT2D eigenvalue weighted by molar-refractivity contribution is 0.178. The molecule has 7 heteroatoms. The normalized spacial score (nSPS) is 17.4. The predicted molar refractivity (Wildman–Crippen MR) is 70.6 cm³/mol. The van der Waals surface area contributed by atoms with Crippen LogP contribution in [0.4, 0.5) is 0 Å². The second-order valence-electron chi connectivity index (χ2n) is 3.98. The summed E-state index contributed by atoms with van der Waals surface area (Å²) in [5.74, 6) is 0. The third-order valence-electron chi connectivity index (χ3n) is 2.93. The lowest BCUT2D eigenvalue weighted by atomic mass is 9.93. The van der Waals surface area contributed by atoms with Gasteiger partial charge in [0.25, 0.3) is 10.0 Å². The number of hydrogen-bond donors (Lipinski definition) is 1. The molecule has 17 heavy (non-hydrogen) atoms. The van der Waals surface area contributed by atoms with Gasteiger partial charge in [-0.3, -0.25) is 0 Å². The molecule has 0 aliphatic heterocycles. The van der Waals surface area contributed by atoms with Crippen molar-refractivity contribution >= 4 is 37.3 Å². The van der Waals surface area contributed by atoms with Gasteiger partial charge in [-0.05, 0) is 40.2 Å². The highest BCUT2D eigenvalue weighted by Gasteiger charge is 2.35. The Morgan fingerprint density at radius 3 is 2.65 bits per heavy atom. The molecule has 0 bridgehead atoms. The summed E-state index contributed by atoms with van der Waals surface area (Å²) in [6, 6.07) is 1.79. The molecular formula is C10H14BrNO3S2. The second kappa shape index (κ2) is 5.36. The van der Waals surface area contributed by atoms with E-state index in [4.69, 9.17) is 5.11 Å². The van der Waals surface area contributed by atoms with E-state index < -0.39 is 10.0 Å². The van der Waals surface area contributed by atoms with Crippen LogP contribution in [0.3, 0.4) is 0 Å². The monoisotopic (exact) mass is 339 g/mol. The van der Waals surface area contributed by atoms with Crippen LogP contribution < -0.4 is 0 Å². The highest BCUT2D eigenvalue weighted by molar-refractivity contribution is 9.10. The van der Waals surface area contributed by atoms with E-state index in [9.17, 15) is 8.42 Å². The molecule has 0 amide bonds. The van der Waals surface area contributed by atoms with Gasteiger partial charge in [0.15, 0.2) is 0 Å². The zero-order valence-corrected chi connectivity index (χ0v) is 12.4. The predicted octanol–water partition coefficient (Wildman–Crippen LogP) is 2.05. The summed E-state index contributed by atoms with van der Waals surface area (Å²) in [7, 11) is -3.47. The molecule has 2 rings (SSSR count). The number of rotatable bonds is 5. The largest absolute Gasteiger partial charge is 0.395 e. The van der Waals surface area contributed by atoms with Gasteiger partial charge in [-0.25, -0.2) is 8.42 Å². The fourth-order valence-corrected chi connectivity index (χ4v) is 5.95. The standard InChI is InChI=1S/C10H14BrNO3S2/c11-9-4-7-16-10(9)17(14,15)12(5-6-13)8-2-1-3-8/h4,7-8,13H,1-3,5-6H2. The summed E-state index contributed by atoms with van der Waals surface area (Å²) in [6.45, 7) is 0.0378. The Bertz CT molecular complexity index is 481. The summed E-state index contributed by atoms with van der Waals surface area (Å²) < 4.78 is 27.2. The highest BCUT2D eigenvalue weighted by atomic mass is 79.9. The number of hydrogen-bond acceptors (Lipinski definition) is 4. The van der Waals surface area contributed by atoms with Crippen molar-refractivity contribution < 1.29 is 13.5 Å². The minimum Gasteiger partial charge on any atom is -0.395 e. The maximum Gasteiger partial charge on any atom is 0.254 e. The summed E-state index contributed by atoms with van der Waals surface area (Å²) in [6.07, 6.45) is 2.85. The van der Waals surface area contributed by atoms with Crippen molar-refractivity contribution in [2.24, 2.45) is 0 Å². The first-order valence-corrected chi connectivity index (χ1v) is 8.54. The van der Waals surface area contributed by atoms with Crippen molar-refractivity contribution in [3.05, 3.63) is 15.9 Å². The van der Waals surface area contributed by atoms with Crippen molar-refractivity contribution in [1.82, 2.24) is 4.31 Å². The molecule has 4 nitrogen and oxygen atoms in total. The first-order valence-electron chi connectivity index (χ1n) is 5.43. The van der Waals surface area contributed by atoms with E-state index in [1.807, 2.05) is 0 Å². The topological polar surface area (TPSA) is 57.6 Å². The fourth-order valence-electron chi connectivity index (χ4n) is 1.84. The molecule has 1 fully saturated rings. The SMILES string of the molecule is O=S(=O)(c1sccc1Br)N(CCO)C1CCC1. The number of nitrogens with zero attached hydrogens (tertiary/aromatic N) is 1.